The van der Waals surface area contributed by atoms with Gasteiger partial charge in [0.05, 0.1) is 17.5 Å². The first kappa shape index (κ1) is 17.5. The maximum Gasteiger partial charge on any atom is 0.335 e. The maximum absolute atomic E-state index is 10.8. The lowest BCUT2D eigenvalue weighted by Crippen LogP contribution is -1.96. The number of nitrogens with one attached hydrogen (secondary N) is 1. The van der Waals surface area contributed by atoms with E-state index in [1.807, 2.05) is 24.3 Å². The van der Waals surface area contributed by atoms with E-state index in [-0.39, 0.29) is 5.56 Å². The zero-order valence-corrected chi connectivity index (χ0v) is 14.4. The number of hydrazone groups is 1. The van der Waals surface area contributed by atoms with Crippen molar-refractivity contribution in [3.05, 3.63) is 88.9 Å². The zero-order valence-electron chi connectivity index (χ0n) is 13.6. The van der Waals surface area contributed by atoms with Gasteiger partial charge in [-0.25, -0.2) is 4.79 Å². The van der Waals surface area contributed by atoms with Crippen LogP contribution in [0.25, 0.3) is 0 Å². The molecule has 0 saturated heterocycles. The summed E-state index contributed by atoms with van der Waals surface area (Å²) in [5, 5.41) is 13.7. The third-order valence-corrected chi connectivity index (χ3v) is 3.72. The molecule has 0 aromatic heterocycles. The number of carbonyl (C=O) groups is 1. The second-order valence-electron chi connectivity index (χ2n) is 5.38. The van der Waals surface area contributed by atoms with Gasteiger partial charge in [0, 0.05) is 5.02 Å². The van der Waals surface area contributed by atoms with Crippen LogP contribution in [-0.4, -0.2) is 17.3 Å². The first-order chi connectivity index (χ1) is 12.6. The number of carboxylic acid groups (broad SMARTS) is 1. The van der Waals surface area contributed by atoms with Crippen molar-refractivity contribution in [1.82, 2.24) is 0 Å². The minimum absolute atomic E-state index is 0.232. The van der Waals surface area contributed by atoms with E-state index in [0.717, 1.165) is 5.56 Å². The molecule has 26 heavy (non-hydrogen) atoms. The molecule has 0 spiro atoms. The molecule has 0 bridgehead atoms. The molecule has 3 rings (SSSR count). The van der Waals surface area contributed by atoms with E-state index in [9.17, 15) is 4.79 Å². The summed E-state index contributed by atoms with van der Waals surface area (Å²) < 4.78 is 5.73. The number of halogens is 1. The van der Waals surface area contributed by atoms with Crippen molar-refractivity contribution in [2.24, 2.45) is 5.10 Å². The number of ether oxygens (including phenoxy) is 1. The van der Waals surface area contributed by atoms with Gasteiger partial charge in [-0.2, -0.15) is 5.10 Å². The Morgan fingerprint density at radius 3 is 2.08 bits per heavy atom. The van der Waals surface area contributed by atoms with E-state index in [1.165, 1.54) is 12.1 Å². The summed E-state index contributed by atoms with van der Waals surface area (Å²) >= 11 is 5.85. The molecule has 0 atom stereocenters. The number of rotatable bonds is 6. The summed E-state index contributed by atoms with van der Waals surface area (Å²) in [5.74, 6) is 0.463. The molecule has 0 amide bonds. The van der Waals surface area contributed by atoms with Crippen LogP contribution in [0.15, 0.2) is 77.9 Å². The molecule has 0 aliphatic carbocycles. The van der Waals surface area contributed by atoms with Crippen LogP contribution in [0.2, 0.25) is 5.02 Å². The van der Waals surface area contributed by atoms with Crippen LogP contribution >= 0.6 is 11.6 Å². The highest BCUT2D eigenvalue weighted by atomic mass is 35.5. The van der Waals surface area contributed by atoms with Gasteiger partial charge in [-0.15, -0.1) is 0 Å². The van der Waals surface area contributed by atoms with Crippen molar-refractivity contribution in [2.75, 3.05) is 5.43 Å². The van der Waals surface area contributed by atoms with E-state index < -0.39 is 5.97 Å². The predicted octanol–water partition coefficient (Wildman–Crippen LogP) is 5.28. The molecule has 3 aromatic rings. The molecule has 3 aromatic carbocycles. The minimum atomic E-state index is -0.957. The molecule has 0 aliphatic heterocycles. The molecule has 0 radical (unpaired) electrons. The van der Waals surface area contributed by atoms with Gasteiger partial charge < -0.3 is 9.84 Å². The van der Waals surface area contributed by atoms with Crippen molar-refractivity contribution in [3.63, 3.8) is 0 Å². The fraction of sp³-hybridized carbons (Fsp3) is 0. The molecular formula is C20H15ClN2O3. The number of hydrogen-bond acceptors (Lipinski definition) is 4. The number of anilines is 1. The highest BCUT2D eigenvalue weighted by molar-refractivity contribution is 6.30. The zero-order chi connectivity index (χ0) is 18.4. The summed E-state index contributed by atoms with van der Waals surface area (Å²) in [7, 11) is 0. The van der Waals surface area contributed by atoms with Gasteiger partial charge in [0.1, 0.15) is 11.5 Å². The Hall–Kier alpha value is -3.31. The lowest BCUT2D eigenvalue weighted by atomic mass is 10.2. The topological polar surface area (TPSA) is 70.9 Å². The highest BCUT2D eigenvalue weighted by Crippen LogP contribution is 2.23. The Kier molecular flexibility index (Phi) is 5.51. The molecule has 0 aliphatic rings. The largest absolute Gasteiger partial charge is 0.478 e. The second-order valence-corrected chi connectivity index (χ2v) is 5.81. The number of aromatic carboxylic acids is 1. The molecule has 6 heteroatoms. The fourth-order valence-corrected chi connectivity index (χ4v) is 2.26. The lowest BCUT2D eigenvalue weighted by Gasteiger charge is -2.05. The van der Waals surface area contributed by atoms with Crippen LogP contribution in [0, 0.1) is 0 Å². The van der Waals surface area contributed by atoms with Crippen LogP contribution in [0.3, 0.4) is 0 Å². The van der Waals surface area contributed by atoms with E-state index >= 15 is 0 Å². The van der Waals surface area contributed by atoms with E-state index in [1.54, 1.807) is 42.6 Å². The molecule has 0 fully saturated rings. The molecule has 0 unspecified atom stereocenters. The summed E-state index contributed by atoms with van der Waals surface area (Å²) in [5.41, 5.74) is 4.68. The van der Waals surface area contributed by atoms with Gasteiger partial charge >= 0.3 is 5.97 Å². The van der Waals surface area contributed by atoms with Gasteiger partial charge in [-0.1, -0.05) is 11.6 Å². The SMILES string of the molecule is O=C(O)c1ccc(NN=Cc2ccc(Oc3ccc(Cl)cc3)cc2)cc1. The van der Waals surface area contributed by atoms with Crippen LogP contribution in [0.5, 0.6) is 11.5 Å². The molecule has 5 nitrogen and oxygen atoms in total. The summed E-state index contributed by atoms with van der Waals surface area (Å²) in [6.07, 6.45) is 1.66. The second kappa shape index (κ2) is 8.18. The van der Waals surface area contributed by atoms with Crippen LogP contribution in [0.4, 0.5) is 5.69 Å². The van der Waals surface area contributed by atoms with Crippen molar-refractivity contribution in [3.8, 4) is 11.5 Å². The Labute approximate surface area is 155 Å². The fourth-order valence-electron chi connectivity index (χ4n) is 2.13. The van der Waals surface area contributed by atoms with E-state index in [0.29, 0.717) is 22.2 Å². The highest BCUT2D eigenvalue weighted by Gasteiger charge is 2.01. The Balaban J connectivity index is 1.57. The maximum atomic E-state index is 10.8. The summed E-state index contributed by atoms with van der Waals surface area (Å²) in [6.45, 7) is 0. The Morgan fingerprint density at radius 1 is 0.923 bits per heavy atom. The first-order valence-electron chi connectivity index (χ1n) is 7.76. The van der Waals surface area contributed by atoms with Crippen LogP contribution in [0.1, 0.15) is 15.9 Å². The van der Waals surface area contributed by atoms with Gasteiger partial charge in [0.15, 0.2) is 0 Å². The van der Waals surface area contributed by atoms with Crippen LogP contribution in [-0.2, 0) is 0 Å². The smallest absolute Gasteiger partial charge is 0.335 e. The van der Waals surface area contributed by atoms with E-state index in [2.05, 4.69) is 10.5 Å². The van der Waals surface area contributed by atoms with Crippen molar-refractivity contribution >= 4 is 29.5 Å². The molecular weight excluding hydrogens is 352 g/mol. The molecule has 130 valence electrons. The number of nitrogens with zero attached hydrogens (tertiary/aromatic N) is 1. The van der Waals surface area contributed by atoms with Crippen molar-refractivity contribution in [1.29, 1.82) is 0 Å². The average Bonchev–Trinajstić information content (AvgIpc) is 2.65. The molecule has 2 N–H and O–H groups in total. The van der Waals surface area contributed by atoms with Crippen molar-refractivity contribution < 1.29 is 14.6 Å². The minimum Gasteiger partial charge on any atom is -0.478 e. The van der Waals surface area contributed by atoms with Gasteiger partial charge in [0.2, 0.25) is 0 Å². The third kappa shape index (κ3) is 4.84. The van der Waals surface area contributed by atoms with Gasteiger partial charge in [-0.3, -0.25) is 5.43 Å². The van der Waals surface area contributed by atoms with Gasteiger partial charge in [0.25, 0.3) is 0 Å². The van der Waals surface area contributed by atoms with Crippen molar-refractivity contribution in [2.45, 2.75) is 0 Å². The molecule has 0 saturated carbocycles. The standard InChI is InChI=1S/C20H15ClN2O3/c21-16-5-11-19(12-6-16)26-18-9-1-14(2-10-18)13-22-23-17-7-3-15(4-8-17)20(24)25/h1-13,23H,(H,24,25). The number of benzene rings is 3. The number of hydrogen-bond donors (Lipinski definition) is 2. The molecule has 0 heterocycles. The van der Waals surface area contributed by atoms with Gasteiger partial charge in [-0.05, 0) is 78.4 Å². The summed E-state index contributed by atoms with van der Waals surface area (Å²) in [6, 6.07) is 20.9. The Bertz CT molecular complexity index is 905. The monoisotopic (exact) mass is 366 g/mol. The van der Waals surface area contributed by atoms with E-state index in [4.69, 9.17) is 21.4 Å². The summed E-state index contributed by atoms with van der Waals surface area (Å²) in [4.78, 5) is 10.8. The number of carboxylic acids is 1. The quantitative estimate of drug-likeness (QED) is 0.460. The predicted molar refractivity (Wildman–Crippen MR) is 103 cm³/mol. The lowest BCUT2D eigenvalue weighted by molar-refractivity contribution is 0.0697. The third-order valence-electron chi connectivity index (χ3n) is 3.47. The van der Waals surface area contributed by atoms with Crippen LogP contribution < -0.4 is 10.2 Å². The normalized spacial score (nSPS) is 10.7. The Morgan fingerprint density at radius 2 is 1.50 bits per heavy atom. The first-order valence-corrected chi connectivity index (χ1v) is 8.14. The average molecular weight is 367 g/mol.